The van der Waals surface area contributed by atoms with Gasteiger partial charge in [-0.25, -0.2) is 18.1 Å². The number of amides is 1. The van der Waals surface area contributed by atoms with Crippen molar-refractivity contribution in [3.05, 3.63) is 40.3 Å². The summed E-state index contributed by atoms with van der Waals surface area (Å²) in [6.45, 7) is 4.36. The van der Waals surface area contributed by atoms with Gasteiger partial charge in [0, 0.05) is 30.1 Å². The first kappa shape index (κ1) is 18.5. The molecule has 0 aliphatic heterocycles. The second-order valence-electron chi connectivity index (χ2n) is 5.39. The fourth-order valence-corrected chi connectivity index (χ4v) is 3.78. The van der Waals surface area contributed by atoms with E-state index < -0.39 is 10.0 Å². The second kappa shape index (κ2) is 7.84. The van der Waals surface area contributed by atoms with E-state index in [-0.39, 0.29) is 29.8 Å². The maximum atomic E-state index is 12.2. The molecule has 7 nitrogen and oxygen atoms in total. The van der Waals surface area contributed by atoms with Gasteiger partial charge in [0.25, 0.3) is 5.91 Å². The molecule has 0 unspecified atom stereocenters. The van der Waals surface area contributed by atoms with Gasteiger partial charge in [-0.1, -0.05) is 19.9 Å². The topological polar surface area (TPSA) is 114 Å². The Morgan fingerprint density at radius 3 is 2.75 bits per heavy atom. The van der Waals surface area contributed by atoms with E-state index in [9.17, 15) is 13.2 Å². The molecule has 130 valence electrons. The Morgan fingerprint density at radius 1 is 1.38 bits per heavy atom. The lowest BCUT2D eigenvalue weighted by molar-refractivity contribution is 0.102. The molecule has 1 amide bonds. The van der Waals surface area contributed by atoms with Crippen molar-refractivity contribution in [2.45, 2.75) is 24.7 Å². The highest BCUT2D eigenvalue weighted by Gasteiger charge is 2.16. The maximum Gasteiger partial charge on any atom is 0.275 e. The number of benzene rings is 1. The molecule has 0 bridgehead atoms. The Hall–Kier alpha value is -1.81. The van der Waals surface area contributed by atoms with E-state index in [0.717, 1.165) is 5.01 Å². The van der Waals surface area contributed by atoms with Gasteiger partial charge >= 0.3 is 0 Å². The monoisotopic (exact) mass is 368 g/mol. The number of rotatable bonds is 7. The number of anilines is 1. The molecule has 0 spiro atoms. The van der Waals surface area contributed by atoms with Crippen LogP contribution in [0.25, 0.3) is 0 Å². The van der Waals surface area contributed by atoms with Crippen molar-refractivity contribution in [1.29, 1.82) is 0 Å². The quantitative estimate of drug-likeness (QED) is 0.689. The molecule has 0 fully saturated rings. The number of hydrogen-bond acceptors (Lipinski definition) is 6. The van der Waals surface area contributed by atoms with Crippen LogP contribution < -0.4 is 15.8 Å². The maximum absolute atomic E-state index is 12.2. The van der Waals surface area contributed by atoms with Crippen molar-refractivity contribution in [2.24, 2.45) is 5.73 Å². The predicted molar refractivity (Wildman–Crippen MR) is 94.8 cm³/mol. The highest BCUT2D eigenvalue weighted by Crippen LogP contribution is 2.20. The molecule has 0 saturated heterocycles. The van der Waals surface area contributed by atoms with Crippen LogP contribution in [0.3, 0.4) is 0 Å². The van der Waals surface area contributed by atoms with E-state index >= 15 is 0 Å². The summed E-state index contributed by atoms with van der Waals surface area (Å²) >= 11 is 1.42. The van der Waals surface area contributed by atoms with Crippen LogP contribution in [0.5, 0.6) is 0 Å². The molecule has 0 aliphatic rings. The Bertz CT molecular complexity index is 816. The lowest BCUT2D eigenvalue weighted by Gasteiger charge is -2.08. The van der Waals surface area contributed by atoms with Crippen LogP contribution >= 0.6 is 11.3 Å². The Labute approximate surface area is 145 Å². The molecule has 2 aromatic rings. The zero-order chi connectivity index (χ0) is 17.7. The van der Waals surface area contributed by atoms with Gasteiger partial charge in [-0.2, -0.15) is 0 Å². The summed E-state index contributed by atoms with van der Waals surface area (Å²) < 4.78 is 26.6. The standard InChI is InChI=1S/C15H20N4O3S2/c1-10(2)15-19-13(9-23-15)14(20)18-11-4-3-5-12(8-11)24(21,22)17-7-6-16/h3-5,8-10,17H,6-7,16H2,1-2H3,(H,18,20). The fourth-order valence-electron chi connectivity index (χ4n) is 1.87. The molecule has 2 rings (SSSR count). The SMILES string of the molecule is CC(C)c1nc(C(=O)Nc2cccc(S(=O)(=O)NCCN)c2)cs1. The highest BCUT2D eigenvalue weighted by atomic mass is 32.2. The molecule has 0 radical (unpaired) electrons. The number of hydrogen-bond donors (Lipinski definition) is 3. The Morgan fingerprint density at radius 2 is 2.12 bits per heavy atom. The van der Waals surface area contributed by atoms with Crippen molar-refractivity contribution >= 4 is 33.0 Å². The third-order valence-corrected chi connectivity index (χ3v) is 5.69. The summed E-state index contributed by atoms with van der Waals surface area (Å²) in [5, 5.41) is 5.23. The van der Waals surface area contributed by atoms with E-state index in [0.29, 0.717) is 11.4 Å². The number of thiazole rings is 1. The van der Waals surface area contributed by atoms with Gasteiger partial charge in [-0.3, -0.25) is 4.79 Å². The summed E-state index contributed by atoms with van der Waals surface area (Å²) in [4.78, 5) is 16.6. The molecular formula is C15H20N4O3S2. The largest absolute Gasteiger partial charge is 0.329 e. The third-order valence-electron chi connectivity index (χ3n) is 3.09. The molecule has 0 atom stereocenters. The lowest BCUT2D eigenvalue weighted by Crippen LogP contribution is -2.29. The summed E-state index contributed by atoms with van der Waals surface area (Å²) in [7, 11) is -3.65. The van der Waals surface area contributed by atoms with Gasteiger partial charge in [0.2, 0.25) is 10.0 Å². The number of carbonyl (C=O) groups is 1. The second-order valence-corrected chi connectivity index (χ2v) is 8.05. The van der Waals surface area contributed by atoms with E-state index in [1.165, 1.54) is 23.5 Å². The van der Waals surface area contributed by atoms with Gasteiger partial charge in [0.05, 0.1) is 9.90 Å². The van der Waals surface area contributed by atoms with Crippen LogP contribution in [0.2, 0.25) is 0 Å². The Balaban J connectivity index is 2.15. The lowest BCUT2D eigenvalue weighted by atomic mass is 10.2. The minimum atomic E-state index is -3.65. The zero-order valence-electron chi connectivity index (χ0n) is 13.4. The molecule has 1 heterocycles. The summed E-state index contributed by atoms with van der Waals surface area (Å²) in [5.74, 6) is -0.124. The van der Waals surface area contributed by atoms with Crippen molar-refractivity contribution in [1.82, 2.24) is 9.71 Å². The van der Waals surface area contributed by atoms with Crippen LogP contribution in [-0.4, -0.2) is 32.4 Å². The molecule has 1 aromatic heterocycles. The molecule has 1 aromatic carbocycles. The number of aromatic nitrogens is 1. The first-order chi connectivity index (χ1) is 11.3. The molecular weight excluding hydrogens is 348 g/mol. The van der Waals surface area contributed by atoms with Crippen LogP contribution in [0.1, 0.15) is 35.3 Å². The van der Waals surface area contributed by atoms with Gasteiger partial charge < -0.3 is 11.1 Å². The van der Waals surface area contributed by atoms with Crippen molar-refractivity contribution in [2.75, 3.05) is 18.4 Å². The Kier molecular flexibility index (Phi) is 6.05. The first-order valence-corrected chi connectivity index (χ1v) is 9.76. The van der Waals surface area contributed by atoms with Crippen molar-refractivity contribution in [3.63, 3.8) is 0 Å². The predicted octanol–water partition coefficient (Wildman–Crippen LogP) is 1.76. The van der Waals surface area contributed by atoms with Gasteiger partial charge in [-0.15, -0.1) is 11.3 Å². The molecule has 4 N–H and O–H groups in total. The number of nitrogens with two attached hydrogens (primary N) is 1. The van der Waals surface area contributed by atoms with E-state index in [2.05, 4.69) is 15.0 Å². The van der Waals surface area contributed by atoms with E-state index in [1.54, 1.807) is 17.5 Å². The van der Waals surface area contributed by atoms with Crippen LogP contribution in [0.15, 0.2) is 34.5 Å². The van der Waals surface area contributed by atoms with Gasteiger partial charge in [0.15, 0.2) is 0 Å². The first-order valence-electron chi connectivity index (χ1n) is 7.40. The number of nitrogens with one attached hydrogen (secondary N) is 2. The third kappa shape index (κ3) is 4.60. The molecule has 9 heteroatoms. The number of sulfonamides is 1. The van der Waals surface area contributed by atoms with E-state index in [1.807, 2.05) is 13.8 Å². The summed E-state index contributed by atoms with van der Waals surface area (Å²) in [6.07, 6.45) is 0. The normalized spacial score (nSPS) is 11.7. The number of nitrogens with zero attached hydrogens (tertiary/aromatic N) is 1. The molecule has 24 heavy (non-hydrogen) atoms. The van der Waals surface area contributed by atoms with E-state index in [4.69, 9.17) is 5.73 Å². The minimum Gasteiger partial charge on any atom is -0.329 e. The van der Waals surface area contributed by atoms with Crippen LogP contribution in [-0.2, 0) is 10.0 Å². The van der Waals surface area contributed by atoms with Gasteiger partial charge in [0.1, 0.15) is 5.69 Å². The fraction of sp³-hybridized carbons (Fsp3) is 0.333. The smallest absolute Gasteiger partial charge is 0.275 e. The van der Waals surface area contributed by atoms with Gasteiger partial charge in [-0.05, 0) is 18.2 Å². The highest BCUT2D eigenvalue weighted by molar-refractivity contribution is 7.89. The molecule has 0 saturated carbocycles. The van der Waals surface area contributed by atoms with Crippen molar-refractivity contribution in [3.8, 4) is 0 Å². The zero-order valence-corrected chi connectivity index (χ0v) is 15.1. The summed E-state index contributed by atoms with van der Waals surface area (Å²) in [6, 6.07) is 6.03. The average molecular weight is 368 g/mol. The van der Waals surface area contributed by atoms with Crippen LogP contribution in [0, 0.1) is 0 Å². The minimum absolute atomic E-state index is 0.0647. The van der Waals surface area contributed by atoms with Crippen LogP contribution in [0.4, 0.5) is 5.69 Å². The number of carbonyl (C=O) groups excluding carboxylic acids is 1. The summed E-state index contributed by atoms with van der Waals surface area (Å²) in [5.41, 5.74) is 6.01. The average Bonchev–Trinajstić information content (AvgIpc) is 3.03. The van der Waals surface area contributed by atoms with Crippen molar-refractivity contribution < 1.29 is 13.2 Å². The molecule has 0 aliphatic carbocycles.